The summed E-state index contributed by atoms with van der Waals surface area (Å²) in [7, 11) is -1.01. The van der Waals surface area contributed by atoms with Gasteiger partial charge in [0.15, 0.2) is 0 Å². The number of nitrogens with one attached hydrogen (secondary N) is 3. The van der Waals surface area contributed by atoms with Crippen LogP contribution in [0.15, 0.2) is 47.4 Å². The van der Waals surface area contributed by atoms with E-state index in [-0.39, 0.29) is 23.4 Å². The Labute approximate surface area is 206 Å². The minimum absolute atomic E-state index is 0.0106. The minimum atomic E-state index is -4.01. The van der Waals surface area contributed by atoms with E-state index < -0.39 is 16.1 Å². The third-order valence-corrected chi connectivity index (χ3v) is 7.63. The molecule has 10 heteroatoms. The SMILES string of the molecule is CCC1CCC(NC(=O)NS(=O)(=O)c2ccc(CNC(=O)c3cc(OC)cc(OC)c3)cc2)CC1. The zero-order valence-electron chi connectivity index (χ0n) is 20.3. The fourth-order valence-corrected chi connectivity index (χ4v) is 5.04. The van der Waals surface area contributed by atoms with E-state index in [0.717, 1.165) is 32.1 Å². The molecule has 190 valence electrons. The van der Waals surface area contributed by atoms with Gasteiger partial charge in [0.25, 0.3) is 15.9 Å². The molecule has 0 unspecified atom stereocenters. The Morgan fingerprint density at radius 2 is 1.54 bits per heavy atom. The molecule has 2 aromatic carbocycles. The summed E-state index contributed by atoms with van der Waals surface area (Å²) in [4.78, 5) is 24.8. The lowest BCUT2D eigenvalue weighted by Gasteiger charge is -2.28. The Morgan fingerprint density at radius 3 is 2.09 bits per heavy atom. The lowest BCUT2D eigenvalue weighted by atomic mass is 9.85. The van der Waals surface area contributed by atoms with E-state index in [1.54, 1.807) is 30.3 Å². The molecule has 1 aliphatic rings. The number of ether oxygens (including phenoxy) is 2. The van der Waals surface area contributed by atoms with Crippen molar-refractivity contribution in [2.24, 2.45) is 5.92 Å². The number of urea groups is 1. The van der Waals surface area contributed by atoms with Crippen LogP contribution in [0.3, 0.4) is 0 Å². The van der Waals surface area contributed by atoms with Crippen LogP contribution in [0.5, 0.6) is 11.5 Å². The van der Waals surface area contributed by atoms with Gasteiger partial charge < -0.3 is 20.1 Å². The standard InChI is InChI=1S/C25H33N3O6S/c1-4-17-5-9-20(10-6-17)27-25(30)28-35(31,32)23-11-7-18(8-12-23)16-26-24(29)19-13-21(33-2)15-22(14-19)34-3/h7-8,11-15,17,20H,4-6,9-10,16H2,1-3H3,(H,26,29)(H2,27,28,30). The van der Waals surface area contributed by atoms with Crippen molar-refractivity contribution in [2.75, 3.05) is 14.2 Å². The van der Waals surface area contributed by atoms with E-state index in [1.165, 1.54) is 26.4 Å². The molecule has 0 saturated heterocycles. The molecular weight excluding hydrogens is 470 g/mol. The molecule has 0 spiro atoms. The molecule has 1 saturated carbocycles. The fraction of sp³-hybridized carbons (Fsp3) is 0.440. The first-order valence-electron chi connectivity index (χ1n) is 11.7. The predicted molar refractivity (Wildman–Crippen MR) is 132 cm³/mol. The molecule has 3 amide bonds. The van der Waals surface area contributed by atoms with Crippen molar-refractivity contribution >= 4 is 22.0 Å². The summed E-state index contributed by atoms with van der Waals surface area (Å²) in [5, 5.41) is 5.55. The van der Waals surface area contributed by atoms with Gasteiger partial charge in [0, 0.05) is 24.2 Å². The highest BCUT2D eigenvalue weighted by atomic mass is 32.2. The van der Waals surface area contributed by atoms with Gasteiger partial charge in [-0.2, -0.15) is 0 Å². The second-order valence-electron chi connectivity index (χ2n) is 8.63. The van der Waals surface area contributed by atoms with Gasteiger partial charge in [-0.1, -0.05) is 25.5 Å². The summed E-state index contributed by atoms with van der Waals surface area (Å²) >= 11 is 0. The van der Waals surface area contributed by atoms with E-state index in [0.29, 0.717) is 28.5 Å². The Bertz CT molecular complexity index is 1100. The maximum absolute atomic E-state index is 12.6. The fourth-order valence-electron chi connectivity index (χ4n) is 4.12. The number of amides is 3. The molecule has 0 heterocycles. The molecule has 0 radical (unpaired) electrons. The zero-order chi connectivity index (χ0) is 25.4. The van der Waals surface area contributed by atoms with E-state index in [9.17, 15) is 18.0 Å². The molecule has 0 aliphatic heterocycles. The number of methoxy groups -OCH3 is 2. The van der Waals surface area contributed by atoms with Crippen LogP contribution in [0.25, 0.3) is 0 Å². The van der Waals surface area contributed by atoms with Crippen LogP contribution in [0, 0.1) is 5.92 Å². The zero-order valence-corrected chi connectivity index (χ0v) is 21.1. The largest absolute Gasteiger partial charge is 0.497 e. The van der Waals surface area contributed by atoms with Crippen molar-refractivity contribution < 1.29 is 27.5 Å². The first kappa shape index (κ1) is 26.3. The predicted octanol–water partition coefficient (Wildman–Crippen LogP) is 3.59. The molecule has 3 rings (SSSR count). The molecule has 1 aliphatic carbocycles. The average Bonchev–Trinajstić information content (AvgIpc) is 2.87. The second kappa shape index (κ2) is 11.9. The number of carbonyl (C=O) groups is 2. The number of hydrogen-bond donors (Lipinski definition) is 3. The highest BCUT2D eigenvalue weighted by Crippen LogP contribution is 2.26. The minimum Gasteiger partial charge on any atom is -0.497 e. The third-order valence-electron chi connectivity index (χ3n) is 6.29. The summed E-state index contributed by atoms with van der Waals surface area (Å²) < 4.78 is 37.7. The molecule has 9 nitrogen and oxygen atoms in total. The van der Waals surface area contributed by atoms with E-state index in [1.807, 2.05) is 0 Å². The maximum atomic E-state index is 12.6. The Morgan fingerprint density at radius 1 is 0.943 bits per heavy atom. The number of carbonyl (C=O) groups excluding carboxylic acids is 2. The molecule has 0 bridgehead atoms. The molecule has 2 aromatic rings. The smallest absolute Gasteiger partial charge is 0.328 e. The van der Waals surface area contributed by atoms with Crippen LogP contribution < -0.4 is 24.8 Å². The third kappa shape index (κ3) is 7.35. The molecule has 0 atom stereocenters. The van der Waals surface area contributed by atoms with E-state index >= 15 is 0 Å². The second-order valence-corrected chi connectivity index (χ2v) is 10.3. The monoisotopic (exact) mass is 503 g/mol. The van der Waals surface area contributed by atoms with Crippen molar-refractivity contribution in [1.29, 1.82) is 0 Å². The van der Waals surface area contributed by atoms with Gasteiger partial charge in [-0.25, -0.2) is 17.9 Å². The number of hydrogen-bond acceptors (Lipinski definition) is 6. The van der Waals surface area contributed by atoms with Gasteiger partial charge >= 0.3 is 6.03 Å². The van der Waals surface area contributed by atoms with Gasteiger partial charge in [0.2, 0.25) is 0 Å². The van der Waals surface area contributed by atoms with E-state index in [2.05, 4.69) is 22.3 Å². The van der Waals surface area contributed by atoms with Crippen LogP contribution in [0.1, 0.15) is 54.9 Å². The van der Waals surface area contributed by atoms with Crippen LogP contribution in [0.2, 0.25) is 0 Å². The lowest BCUT2D eigenvalue weighted by Crippen LogP contribution is -2.45. The Kier molecular flexibility index (Phi) is 8.97. The highest BCUT2D eigenvalue weighted by Gasteiger charge is 2.24. The van der Waals surface area contributed by atoms with Crippen molar-refractivity contribution in [3.8, 4) is 11.5 Å². The van der Waals surface area contributed by atoms with Crippen LogP contribution in [0.4, 0.5) is 4.79 Å². The molecule has 1 fully saturated rings. The number of benzene rings is 2. The Hall–Kier alpha value is -3.27. The normalized spacial score (nSPS) is 17.8. The first-order valence-corrected chi connectivity index (χ1v) is 13.2. The topological polar surface area (TPSA) is 123 Å². The van der Waals surface area contributed by atoms with Gasteiger partial charge in [0.05, 0.1) is 19.1 Å². The van der Waals surface area contributed by atoms with E-state index in [4.69, 9.17) is 9.47 Å². The molecule has 3 N–H and O–H groups in total. The van der Waals surface area contributed by atoms with Crippen molar-refractivity contribution in [3.63, 3.8) is 0 Å². The van der Waals surface area contributed by atoms with Crippen molar-refractivity contribution in [2.45, 2.75) is 56.5 Å². The maximum Gasteiger partial charge on any atom is 0.328 e. The number of rotatable bonds is 9. The highest BCUT2D eigenvalue weighted by molar-refractivity contribution is 7.90. The molecular formula is C25H33N3O6S. The van der Waals surface area contributed by atoms with Crippen molar-refractivity contribution in [1.82, 2.24) is 15.4 Å². The summed E-state index contributed by atoms with van der Waals surface area (Å²) in [6.07, 6.45) is 4.92. The summed E-state index contributed by atoms with van der Waals surface area (Å²) in [6.45, 7) is 2.35. The van der Waals surface area contributed by atoms with Gasteiger partial charge in [-0.3, -0.25) is 4.79 Å². The van der Waals surface area contributed by atoms with Gasteiger partial charge in [0.1, 0.15) is 11.5 Å². The average molecular weight is 504 g/mol. The molecule has 35 heavy (non-hydrogen) atoms. The first-order chi connectivity index (χ1) is 16.7. The lowest BCUT2D eigenvalue weighted by molar-refractivity contribution is 0.0950. The molecule has 0 aromatic heterocycles. The van der Waals surface area contributed by atoms with Gasteiger partial charge in [-0.05, 0) is 61.4 Å². The van der Waals surface area contributed by atoms with Crippen LogP contribution in [-0.2, 0) is 16.6 Å². The van der Waals surface area contributed by atoms with Crippen molar-refractivity contribution in [3.05, 3.63) is 53.6 Å². The Balaban J connectivity index is 1.54. The number of sulfonamides is 1. The summed E-state index contributed by atoms with van der Waals surface area (Å²) in [5.41, 5.74) is 1.07. The summed E-state index contributed by atoms with van der Waals surface area (Å²) in [5.74, 6) is 1.34. The summed E-state index contributed by atoms with van der Waals surface area (Å²) in [6, 6.07) is 10.1. The van der Waals surface area contributed by atoms with Crippen LogP contribution >= 0.6 is 0 Å². The quantitative estimate of drug-likeness (QED) is 0.481. The van der Waals surface area contributed by atoms with Crippen LogP contribution in [-0.4, -0.2) is 40.6 Å². The van der Waals surface area contributed by atoms with Gasteiger partial charge in [-0.15, -0.1) is 0 Å².